The highest BCUT2D eigenvalue weighted by atomic mass is 35.5. The third kappa shape index (κ3) is 3.30. The second-order valence-electron chi connectivity index (χ2n) is 6.91. The first-order valence-electron chi connectivity index (χ1n) is 8.79. The lowest BCUT2D eigenvalue weighted by molar-refractivity contribution is -0.122. The van der Waals surface area contributed by atoms with Crippen LogP contribution in [0, 0.1) is 19.8 Å². The minimum atomic E-state index is -0.405. The van der Waals surface area contributed by atoms with Gasteiger partial charge < -0.3 is 14.6 Å². The first kappa shape index (κ1) is 17.6. The number of nitrogens with one attached hydrogen (secondary N) is 1. The van der Waals surface area contributed by atoms with Crippen molar-refractivity contribution in [2.75, 3.05) is 16.8 Å². The molecule has 1 aliphatic heterocycles. The number of fused-ring (bicyclic) bond motifs is 1. The monoisotopic (exact) mass is 382 g/mol. The van der Waals surface area contributed by atoms with Crippen molar-refractivity contribution in [2.45, 2.75) is 20.3 Å². The summed E-state index contributed by atoms with van der Waals surface area (Å²) in [5.74, 6) is 0.127. The number of hydrogen-bond donors (Lipinski definition) is 1. The molecule has 1 N–H and O–H groups in total. The molecule has 0 aliphatic carbocycles. The average Bonchev–Trinajstić information content (AvgIpc) is 3.18. The predicted octanol–water partition coefficient (Wildman–Crippen LogP) is 4.69. The zero-order valence-electron chi connectivity index (χ0n) is 15.1. The van der Waals surface area contributed by atoms with Gasteiger partial charge in [-0.1, -0.05) is 29.8 Å². The van der Waals surface area contributed by atoms with E-state index in [1.165, 1.54) is 0 Å². The van der Waals surface area contributed by atoms with Crippen LogP contribution in [0.5, 0.6) is 0 Å². The van der Waals surface area contributed by atoms with Gasteiger partial charge in [0, 0.05) is 29.7 Å². The number of furan rings is 1. The summed E-state index contributed by atoms with van der Waals surface area (Å²) in [5, 5.41) is 4.17. The van der Waals surface area contributed by atoms with Gasteiger partial charge >= 0.3 is 0 Å². The smallest absolute Gasteiger partial charge is 0.229 e. The summed E-state index contributed by atoms with van der Waals surface area (Å²) in [6, 6.07) is 13.1. The SMILES string of the molecule is Cc1cc2cc(NC(=O)C3CC(=O)N(c4ccccc4C)C3)cc(Cl)c2o1. The van der Waals surface area contributed by atoms with Crippen molar-refractivity contribution >= 4 is 45.8 Å². The third-order valence-corrected chi connectivity index (χ3v) is 5.14. The largest absolute Gasteiger partial charge is 0.460 e. The number of rotatable bonds is 3. The first-order chi connectivity index (χ1) is 12.9. The first-order valence-corrected chi connectivity index (χ1v) is 9.17. The number of benzene rings is 2. The molecule has 1 aromatic heterocycles. The lowest BCUT2D eigenvalue weighted by Gasteiger charge is -2.19. The van der Waals surface area contributed by atoms with Gasteiger partial charge in [0.1, 0.15) is 5.76 Å². The van der Waals surface area contributed by atoms with Crippen LogP contribution in [0.4, 0.5) is 11.4 Å². The van der Waals surface area contributed by atoms with Crippen LogP contribution in [0.1, 0.15) is 17.7 Å². The number of amides is 2. The molecule has 0 bridgehead atoms. The van der Waals surface area contributed by atoms with Gasteiger partial charge in [0.2, 0.25) is 11.8 Å². The Morgan fingerprint density at radius 1 is 1.22 bits per heavy atom. The number of carbonyl (C=O) groups excluding carboxylic acids is 2. The zero-order valence-corrected chi connectivity index (χ0v) is 15.8. The van der Waals surface area contributed by atoms with E-state index in [1.54, 1.807) is 11.0 Å². The Hall–Kier alpha value is -2.79. The molecular weight excluding hydrogens is 364 g/mol. The lowest BCUT2D eigenvalue weighted by atomic mass is 10.1. The minimum absolute atomic E-state index is 0.0385. The number of para-hydroxylation sites is 1. The van der Waals surface area contributed by atoms with Crippen molar-refractivity contribution in [1.82, 2.24) is 0 Å². The maximum atomic E-state index is 12.7. The van der Waals surface area contributed by atoms with Crippen molar-refractivity contribution in [2.24, 2.45) is 5.92 Å². The summed E-state index contributed by atoms with van der Waals surface area (Å²) >= 11 is 6.26. The molecule has 0 radical (unpaired) electrons. The van der Waals surface area contributed by atoms with E-state index in [2.05, 4.69) is 5.32 Å². The quantitative estimate of drug-likeness (QED) is 0.714. The fraction of sp³-hybridized carbons (Fsp3) is 0.238. The van der Waals surface area contributed by atoms with Crippen LogP contribution < -0.4 is 10.2 Å². The van der Waals surface area contributed by atoms with Crippen LogP contribution >= 0.6 is 11.6 Å². The van der Waals surface area contributed by atoms with Crippen LogP contribution in [0.2, 0.25) is 5.02 Å². The van der Waals surface area contributed by atoms with Crippen molar-refractivity contribution in [3.05, 3.63) is 58.8 Å². The summed E-state index contributed by atoms with van der Waals surface area (Å²) in [5.41, 5.74) is 3.07. The van der Waals surface area contributed by atoms with Crippen LogP contribution in [-0.4, -0.2) is 18.4 Å². The predicted molar refractivity (Wildman–Crippen MR) is 106 cm³/mol. The number of halogens is 1. The molecule has 2 amide bonds. The summed E-state index contributed by atoms with van der Waals surface area (Å²) in [6.45, 7) is 4.18. The number of anilines is 2. The van der Waals surface area contributed by atoms with Crippen LogP contribution in [0.15, 0.2) is 46.9 Å². The van der Waals surface area contributed by atoms with Gasteiger partial charge in [-0.2, -0.15) is 0 Å². The highest BCUT2D eigenvalue weighted by molar-refractivity contribution is 6.35. The summed E-state index contributed by atoms with van der Waals surface area (Å²) in [4.78, 5) is 26.8. The molecule has 0 spiro atoms. The standard InChI is InChI=1S/C21H19ClN2O3/c1-12-5-3-4-6-18(12)24-11-15(9-19(24)25)21(26)23-16-8-14-7-13(2)27-20(14)17(22)10-16/h3-8,10,15H,9,11H2,1-2H3,(H,23,26). The van der Waals surface area contributed by atoms with Gasteiger partial charge in [-0.25, -0.2) is 0 Å². The van der Waals surface area contributed by atoms with E-state index in [4.69, 9.17) is 16.0 Å². The lowest BCUT2D eigenvalue weighted by Crippen LogP contribution is -2.28. The van der Waals surface area contributed by atoms with E-state index < -0.39 is 5.92 Å². The summed E-state index contributed by atoms with van der Waals surface area (Å²) < 4.78 is 5.55. The summed E-state index contributed by atoms with van der Waals surface area (Å²) in [6.07, 6.45) is 0.195. The van der Waals surface area contributed by atoms with Gasteiger partial charge in [0.15, 0.2) is 5.58 Å². The maximum Gasteiger partial charge on any atom is 0.229 e. The van der Waals surface area contributed by atoms with Crippen molar-refractivity contribution in [3.8, 4) is 0 Å². The van der Waals surface area contributed by atoms with E-state index in [1.807, 2.05) is 50.2 Å². The molecular formula is C21H19ClN2O3. The Morgan fingerprint density at radius 3 is 2.78 bits per heavy atom. The third-order valence-electron chi connectivity index (χ3n) is 4.86. The number of carbonyl (C=O) groups is 2. The molecule has 2 aromatic carbocycles. The van der Waals surface area contributed by atoms with Gasteiger partial charge in [-0.05, 0) is 43.7 Å². The Balaban J connectivity index is 1.52. The van der Waals surface area contributed by atoms with Crippen LogP contribution in [0.3, 0.4) is 0 Å². The second kappa shape index (κ2) is 6.74. The Morgan fingerprint density at radius 2 is 2.00 bits per heavy atom. The van der Waals surface area contributed by atoms with Gasteiger partial charge in [0.25, 0.3) is 0 Å². The van der Waals surface area contributed by atoms with Crippen molar-refractivity contribution < 1.29 is 14.0 Å². The normalized spacial score (nSPS) is 16.9. The highest BCUT2D eigenvalue weighted by Crippen LogP contribution is 2.32. The molecule has 4 rings (SSSR count). The molecule has 5 nitrogen and oxygen atoms in total. The van der Waals surface area contributed by atoms with E-state index in [-0.39, 0.29) is 18.2 Å². The van der Waals surface area contributed by atoms with Gasteiger partial charge in [-0.15, -0.1) is 0 Å². The molecule has 2 heterocycles. The molecule has 6 heteroatoms. The Kier molecular flexibility index (Phi) is 4.40. The number of hydrogen-bond acceptors (Lipinski definition) is 3. The van der Waals surface area contributed by atoms with E-state index in [9.17, 15) is 9.59 Å². The molecule has 3 aromatic rings. The fourth-order valence-electron chi connectivity index (χ4n) is 3.54. The fourth-order valence-corrected chi connectivity index (χ4v) is 3.80. The van der Waals surface area contributed by atoms with Crippen LogP contribution in [0.25, 0.3) is 11.0 Å². The molecule has 1 fully saturated rings. The molecule has 27 heavy (non-hydrogen) atoms. The highest BCUT2D eigenvalue weighted by Gasteiger charge is 2.35. The molecule has 1 atom stereocenters. The Labute approximate surface area is 161 Å². The van der Waals surface area contributed by atoms with E-state index in [0.717, 1.165) is 22.4 Å². The average molecular weight is 383 g/mol. The number of nitrogens with zero attached hydrogens (tertiary/aromatic N) is 1. The maximum absolute atomic E-state index is 12.7. The summed E-state index contributed by atoms with van der Waals surface area (Å²) in [7, 11) is 0. The molecule has 1 aliphatic rings. The topological polar surface area (TPSA) is 62.6 Å². The molecule has 138 valence electrons. The van der Waals surface area contributed by atoms with Crippen molar-refractivity contribution in [1.29, 1.82) is 0 Å². The zero-order chi connectivity index (χ0) is 19.1. The Bertz CT molecular complexity index is 1060. The molecule has 0 saturated carbocycles. The minimum Gasteiger partial charge on any atom is -0.460 e. The van der Waals surface area contributed by atoms with E-state index in [0.29, 0.717) is 22.8 Å². The number of aryl methyl sites for hydroxylation is 2. The van der Waals surface area contributed by atoms with Crippen LogP contribution in [-0.2, 0) is 9.59 Å². The van der Waals surface area contributed by atoms with Crippen molar-refractivity contribution in [3.63, 3.8) is 0 Å². The molecule has 1 saturated heterocycles. The van der Waals surface area contributed by atoms with E-state index >= 15 is 0 Å². The molecule has 1 unspecified atom stereocenters. The second-order valence-corrected chi connectivity index (χ2v) is 7.32. The van der Waals surface area contributed by atoms with Gasteiger partial charge in [0.05, 0.1) is 10.9 Å². The van der Waals surface area contributed by atoms with Gasteiger partial charge in [-0.3, -0.25) is 9.59 Å².